The molecule has 0 bridgehead atoms. The molecule has 1 heterocycles. The molecule has 5 heteroatoms. The summed E-state index contributed by atoms with van der Waals surface area (Å²) in [6.45, 7) is 4.70. The lowest BCUT2D eigenvalue weighted by Crippen LogP contribution is -2.31. The topological polar surface area (TPSA) is 62.2 Å². The van der Waals surface area contributed by atoms with Crippen LogP contribution in [0.3, 0.4) is 0 Å². The Morgan fingerprint density at radius 1 is 1.56 bits per heavy atom. The van der Waals surface area contributed by atoms with Crippen LogP contribution in [0.5, 0.6) is 0 Å². The highest BCUT2D eigenvalue weighted by Crippen LogP contribution is 2.14. The van der Waals surface area contributed by atoms with Crippen molar-refractivity contribution in [3.8, 4) is 0 Å². The lowest BCUT2D eigenvalue weighted by atomic mass is 10.1. The number of carbonyl (C=O) groups is 1. The molecule has 0 saturated carbocycles. The summed E-state index contributed by atoms with van der Waals surface area (Å²) in [5.41, 5.74) is 0.524. The lowest BCUT2D eigenvalue weighted by molar-refractivity contribution is -0.139. The van der Waals surface area contributed by atoms with Crippen LogP contribution in [0.2, 0.25) is 0 Å². The van der Waals surface area contributed by atoms with E-state index in [4.69, 9.17) is 5.11 Å². The predicted octanol–water partition coefficient (Wildman–Crippen LogP) is 2.22. The number of rotatable bonds is 5. The Hall–Kier alpha value is -0.940. The van der Waals surface area contributed by atoms with Crippen LogP contribution in [0.4, 0.5) is 0 Å². The van der Waals surface area contributed by atoms with Crippen molar-refractivity contribution in [2.75, 3.05) is 6.54 Å². The second-order valence-electron chi connectivity index (χ2n) is 3.97. The van der Waals surface area contributed by atoms with Gasteiger partial charge in [0.05, 0.1) is 5.69 Å². The Morgan fingerprint density at radius 3 is 2.69 bits per heavy atom. The summed E-state index contributed by atoms with van der Waals surface area (Å²) in [5.74, 6) is -0.507. The van der Waals surface area contributed by atoms with Gasteiger partial charge < -0.3 is 5.11 Å². The first-order valence-electron chi connectivity index (χ1n) is 5.08. The van der Waals surface area contributed by atoms with Gasteiger partial charge in [0, 0.05) is 10.7 Å². The van der Waals surface area contributed by atoms with Crippen LogP contribution < -0.4 is 5.32 Å². The maximum atomic E-state index is 11.1. The zero-order chi connectivity index (χ0) is 12.1. The van der Waals surface area contributed by atoms with Crippen molar-refractivity contribution in [3.63, 3.8) is 0 Å². The number of aromatic nitrogens is 1. The molecule has 1 aromatic heterocycles. The zero-order valence-corrected chi connectivity index (χ0v) is 10.9. The van der Waals surface area contributed by atoms with Crippen LogP contribution in [-0.4, -0.2) is 22.6 Å². The first-order valence-corrected chi connectivity index (χ1v) is 5.87. The molecule has 0 amide bonds. The van der Waals surface area contributed by atoms with E-state index in [1.807, 2.05) is 13.8 Å². The van der Waals surface area contributed by atoms with Crippen molar-refractivity contribution in [2.24, 2.45) is 5.92 Å². The molecule has 0 saturated heterocycles. The number of hydrogen-bond acceptors (Lipinski definition) is 3. The fourth-order valence-corrected chi connectivity index (χ4v) is 1.46. The summed E-state index contributed by atoms with van der Waals surface area (Å²) in [4.78, 5) is 15.2. The highest BCUT2D eigenvalue weighted by atomic mass is 79.9. The normalized spacial score (nSPS) is 12.8. The number of hydrogen-bond donors (Lipinski definition) is 2. The molecule has 1 rings (SSSR count). The second kappa shape index (κ2) is 5.96. The molecule has 88 valence electrons. The molecule has 0 aliphatic heterocycles. The van der Waals surface area contributed by atoms with Gasteiger partial charge in [-0.05, 0) is 40.5 Å². The third-order valence-corrected chi connectivity index (χ3v) is 2.49. The molecule has 1 aromatic rings. The summed E-state index contributed by atoms with van der Waals surface area (Å²) in [6, 6.07) is 2.75. The maximum absolute atomic E-state index is 11.1. The molecule has 0 radical (unpaired) electrons. The van der Waals surface area contributed by atoms with Crippen molar-refractivity contribution < 1.29 is 9.90 Å². The van der Waals surface area contributed by atoms with E-state index in [2.05, 4.69) is 26.2 Å². The second-order valence-corrected chi connectivity index (χ2v) is 4.89. The Labute approximate surface area is 103 Å². The fourth-order valence-electron chi connectivity index (χ4n) is 1.23. The van der Waals surface area contributed by atoms with E-state index >= 15 is 0 Å². The van der Waals surface area contributed by atoms with E-state index in [0.29, 0.717) is 18.2 Å². The van der Waals surface area contributed by atoms with Crippen molar-refractivity contribution in [1.82, 2.24) is 10.3 Å². The minimum atomic E-state index is -0.907. The smallest absolute Gasteiger partial charge is 0.326 e. The summed E-state index contributed by atoms with van der Waals surface area (Å²) < 4.78 is 0.837. The van der Waals surface area contributed by atoms with Gasteiger partial charge in [0.2, 0.25) is 0 Å². The summed E-state index contributed by atoms with van der Waals surface area (Å²) in [7, 11) is 0. The number of nitrogens with zero attached hydrogens (tertiary/aromatic N) is 1. The molecular weight excluding hydrogens is 272 g/mol. The van der Waals surface area contributed by atoms with Gasteiger partial charge in [-0.25, -0.2) is 0 Å². The Kier molecular flexibility index (Phi) is 4.89. The quantitative estimate of drug-likeness (QED) is 0.871. The molecule has 1 unspecified atom stereocenters. The standard InChI is InChI=1S/C11H15BrN2O2/c1-7(2)5-14-10(11(15)16)9-4-3-8(12)6-13-9/h3-4,6-7,10,14H,5H2,1-2H3,(H,15,16). The van der Waals surface area contributed by atoms with Gasteiger partial charge in [-0.15, -0.1) is 0 Å². The van der Waals surface area contributed by atoms with E-state index < -0.39 is 12.0 Å². The maximum Gasteiger partial charge on any atom is 0.326 e. The molecule has 16 heavy (non-hydrogen) atoms. The van der Waals surface area contributed by atoms with Gasteiger partial charge >= 0.3 is 5.97 Å². The predicted molar refractivity (Wildman–Crippen MR) is 65.2 cm³/mol. The van der Waals surface area contributed by atoms with Crippen molar-refractivity contribution in [1.29, 1.82) is 0 Å². The lowest BCUT2D eigenvalue weighted by Gasteiger charge is -2.15. The number of carboxylic acids is 1. The Morgan fingerprint density at radius 2 is 2.25 bits per heavy atom. The van der Waals surface area contributed by atoms with Crippen molar-refractivity contribution in [3.05, 3.63) is 28.5 Å². The number of carboxylic acid groups (broad SMARTS) is 1. The van der Waals surface area contributed by atoms with Gasteiger partial charge in [-0.3, -0.25) is 15.1 Å². The van der Waals surface area contributed by atoms with Gasteiger partial charge in [0.15, 0.2) is 0 Å². The van der Waals surface area contributed by atoms with Crippen LogP contribution in [0, 0.1) is 5.92 Å². The Bertz CT molecular complexity index is 352. The molecule has 0 aliphatic rings. The van der Waals surface area contributed by atoms with E-state index in [-0.39, 0.29) is 0 Å². The summed E-state index contributed by atoms with van der Waals surface area (Å²) >= 11 is 3.26. The molecule has 0 spiro atoms. The SMILES string of the molecule is CC(C)CNC(C(=O)O)c1ccc(Br)cn1. The Balaban J connectivity index is 2.77. The monoisotopic (exact) mass is 286 g/mol. The third-order valence-electron chi connectivity index (χ3n) is 2.02. The first kappa shape index (κ1) is 13.1. The minimum absolute atomic E-state index is 0.400. The first-order chi connectivity index (χ1) is 7.50. The van der Waals surface area contributed by atoms with E-state index in [0.717, 1.165) is 4.47 Å². The molecule has 0 aromatic carbocycles. The minimum Gasteiger partial charge on any atom is -0.480 e. The van der Waals surface area contributed by atoms with Crippen molar-refractivity contribution >= 4 is 21.9 Å². The van der Waals surface area contributed by atoms with Gasteiger partial charge in [-0.2, -0.15) is 0 Å². The summed E-state index contributed by atoms with van der Waals surface area (Å²) in [6.07, 6.45) is 1.60. The number of aliphatic carboxylic acids is 1. The summed E-state index contributed by atoms with van der Waals surface area (Å²) in [5, 5.41) is 12.1. The van der Waals surface area contributed by atoms with Crippen LogP contribution in [0.15, 0.2) is 22.8 Å². The van der Waals surface area contributed by atoms with Crippen LogP contribution in [0.1, 0.15) is 25.6 Å². The molecular formula is C11H15BrN2O2. The molecule has 0 aliphatic carbocycles. The molecule has 4 nitrogen and oxygen atoms in total. The number of halogens is 1. The molecule has 0 fully saturated rings. The van der Waals surface area contributed by atoms with E-state index in [9.17, 15) is 4.79 Å². The highest BCUT2D eigenvalue weighted by molar-refractivity contribution is 9.10. The van der Waals surface area contributed by atoms with Gasteiger partial charge in [-0.1, -0.05) is 13.8 Å². The third kappa shape index (κ3) is 3.90. The largest absolute Gasteiger partial charge is 0.480 e. The van der Waals surface area contributed by atoms with Crippen LogP contribution in [0.25, 0.3) is 0 Å². The number of pyridine rings is 1. The van der Waals surface area contributed by atoms with Crippen LogP contribution in [-0.2, 0) is 4.79 Å². The van der Waals surface area contributed by atoms with Gasteiger partial charge in [0.25, 0.3) is 0 Å². The fraction of sp³-hybridized carbons (Fsp3) is 0.455. The van der Waals surface area contributed by atoms with Crippen molar-refractivity contribution in [2.45, 2.75) is 19.9 Å². The van der Waals surface area contributed by atoms with Crippen LogP contribution >= 0.6 is 15.9 Å². The average Bonchev–Trinajstić information content (AvgIpc) is 2.20. The average molecular weight is 287 g/mol. The molecule has 1 atom stereocenters. The van der Waals surface area contributed by atoms with E-state index in [1.165, 1.54) is 0 Å². The van der Waals surface area contributed by atoms with Gasteiger partial charge in [0.1, 0.15) is 6.04 Å². The zero-order valence-electron chi connectivity index (χ0n) is 9.27. The molecule has 2 N–H and O–H groups in total. The number of nitrogens with one attached hydrogen (secondary N) is 1. The van der Waals surface area contributed by atoms with E-state index in [1.54, 1.807) is 18.3 Å². The highest BCUT2D eigenvalue weighted by Gasteiger charge is 2.20.